The monoisotopic (exact) mass is 262 g/mol. The molecule has 0 radical (unpaired) electrons. The Morgan fingerprint density at radius 1 is 1.24 bits per heavy atom. The molecule has 0 amide bonds. The van der Waals surface area contributed by atoms with Crippen LogP contribution in [0.3, 0.4) is 0 Å². The Morgan fingerprint density at radius 3 is 2.71 bits per heavy atom. The van der Waals surface area contributed by atoms with Gasteiger partial charge in [-0.25, -0.2) is 0 Å². The molecule has 0 unspecified atom stereocenters. The van der Waals surface area contributed by atoms with Crippen LogP contribution in [0.4, 0.5) is 0 Å². The molecular weight excluding hydrogens is 256 g/mol. The lowest BCUT2D eigenvalue weighted by Gasteiger charge is -1.96. The molecule has 0 aliphatic heterocycles. The number of rotatable bonds is 1. The third kappa shape index (κ3) is 1.85. The van der Waals surface area contributed by atoms with Crippen LogP contribution in [0.2, 0.25) is 5.02 Å². The number of fused-ring (bicyclic) bond motifs is 1. The highest BCUT2D eigenvalue weighted by atomic mass is 35.5. The van der Waals surface area contributed by atoms with Crippen molar-refractivity contribution in [2.24, 2.45) is 0 Å². The molecule has 3 rings (SSSR count). The van der Waals surface area contributed by atoms with Gasteiger partial charge in [0.2, 0.25) is 0 Å². The first-order valence-electron chi connectivity index (χ1n) is 4.97. The fraction of sp³-hybridized carbons (Fsp3) is 0. The summed E-state index contributed by atoms with van der Waals surface area (Å²) >= 11 is 7.68. The van der Waals surface area contributed by atoms with Crippen LogP contribution in [0.25, 0.3) is 20.7 Å². The molecule has 3 heterocycles. The minimum absolute atomic E-state index is 0.709. The lowest BCUT2D eigenvalue weighted by Crippen LogP contribution is -2.23. The number of thiophene rings is 1. The van der Waals surface area contributed by atoms with Crippen LogP contribution in [-0.4, -0.2) is 4.98 Å². The highest BCUT2D eigenvalue weighted by Crippen LogP contribution is 2.35. The number of halogens is 1. The molecule has 0 aromatic carbocycles. The van der Waals surface area contributed by atoms with Crippen LogP contribution in [-0.2, 0) is 0 Å². The van der Waals surface area contributed by atoms with Gasteiger partial charge in [0, 0.05) is 28.8 Å². The molecule has 0 aliphatic rings. The molecule has 0 atom stereocenters. The van der Waals surface area contributed by atoms with Crippen LogP contribution < -0.4 is 4.73 Å². The minimum Gasteiger partial charge on any atom is -0.619 e. The summed E-state index contributed by atoms with van der Waals surface area (Å²) in [5.41, 5.74) is 1.88. The molecule has 0 saturated heterocycles. The third-order valence-corrected chi connectivity index (χ3v) is 4.08. The first kappa shape index (κ1) is 10.5. The number of hydrogen-bond donors (Lipinski definition) is 0. The molecule has 5 heteroatoms. The van der Waals surface area contributed by atoms with E-state index in [4.69, 9.17) is 11.6 Å². The Morgan fingerprint density at radius 2 is 2.00 bits per heavy atom. The maximum absolute atomic E-state index is 11.0. The fourth-order valence-corrected chi connectivity index (χ4v) is 2.92. The molecule has 0 N–H and O–H groups in total. The zero-order chi connectivity index (χ0) is 11.8. The summed E-state index contributed by atoms with van der Waals surface area (Å²) in [5.74, 6) is 0. The van der Waals surface area contributed by atoms with E-state index in [1.54, 1.807) is 35.7 Å². The predicted molar refractivity (Wildman–Crippen MR) is 69.0 cm³/mol. The molecule has 17 heavy (non-hydrogen) atoms. The van der Waals surface area contributed by atoms with Crippen LogP contribution >= 0.6 is 22.9 Å². The Kier molecular flexibility index (Phi) is 2.46. The average molecular weight is 263 g/mol. The quantitative estimate of drug-likeness (QED) is 0.499. The SMILES string of the molecule is [O-][n+]1ccc(-c2cc3nccc(Cl)c3s2)cc1. The van der Waals surface area contributed by atoms with Gasteiger partial charge in [-0.2, -0.15) is 4.73 Å². The van der Waals surface area contributed by atoms with Crippen molar-refractivity contribution in [2.75, 3.05) is 0 Å². The molecule has 3 aromatic heterocycles. The molecule has 0 saturated carbocycles. The average Bonchev–Trinajstić information content (AvgIpc) is 2.75. The summed E-state index contributed by atoms with van der Waals surface area (Å²) in [6.45, 7) is 0. The smallest absolute Gasteiger partial charge is 0.180 e. The Hall–Kier alpha value is -1.65. The van der Waals surface area contributed by atoms with Crippen LogP contribution in [0.1, 0.15) is 0 Å². The van der Waals surface area contributed by atoms with Crippen molar-refractivity contribution in [3.05, 3.63) is 53.1 Å². The van der Waals surface area contributed by atoms with E-state index in [1.165, 1.54) is 12.4 Å². The Labute approximate surface area is 107 Å². The lowest BCUT2D eigenvalue weighted by molar-refractivity contribution is -0.605. The molecule has 0 fully saturated rings. The van der Waals surface area contributed by atoms with E-state index >= 15 is 0 Å². The number of pyridine rings is 2. The van der Waals surface area contributed by atoms with E-state index in [2.05, 4.69) is 4.98 Å². The topological polar surface area (TPSA) is 39.8 Å². The van der Waals surface area contributed by atoms with E-state index in [9.17, 15) is 5.21 Å². The van der Waals surface area contributed by atoms with Gasteiger partial charge in [0.1, 0.15) is 0 Å². The van der Waals surface area contributed by atoms with Crippen molar-refractivity contribution in [2.45, 2.75) is 0 Å². The Balaban J connectivity index is 2.18. The summed E-state index contributed by atoms with van der Waals surface area (Å²) in [4.78, 5) is 5.32. The largest absolute Gasteiger partial charge is 0.619 e. The summed E-state index contributed by atoms with van der Waals surface area (Å²) in [6, 6.07) is 7.33. The number of nitrogens with zero attached hydrogens (tertiary/aromatic N) is 2. The molecular formula is C12H7ClN2OS. The summed E-state index contributed by atoms with van der Waals surface area (Å²) in [7, 11) is 0. The minimum atomic E-state index is 0.709. The van der Waals surface area contributed by atoms with Gasteiger partial charge in [-0.15, -0.1) is 11.3 Å². The second kappa shape index (κ2) is 3.98. The van der Waals surface area contributed by atoms with Crippen molar-refractivity contribution in [3.8, 4) is 10.4 Å². The summed E-state index contributed by atoms with van der Waals surface area (Å²) in [6.07, 6.45) is 4.65. The first-order chi connectivity index (χ1) is 8.24. The van der Waals surface area contributed by atoms with Gasteiger partial charge in [0.05, 0.1) is 15.2 Å². The highest BCUT2D eigenvalue weighted by Gasteiger charge is 2.08. The predicted octanol–water partition coefficient (Wildman–Crippen LogP) is 3.25. The normalized spacial score (nSPS) is 10.9. The van der Waals surface area contributed by atoms with Gasteiger partial charge in [-0.3, -0.25) is 4.98 Å². The molecule has 0 bridgehead atoms. The van der Waals surface area contributed by atoms with Crippen molar-refractivity contribution in [3.63, 3.8) is 0 Å². The van der Waals surface area contributed by atoms with Crippen molar-refractivity contribution < 1.29 is 4.73 Å². The molecule has 3 nitrogen and oxygen atoms in total. The van der Waals surface area contributed by atoms with Crippen molar-refractivity contribution in [1.29, 1.82) is 0 Å². The summed E-state index contributed by atoms with van der Waals surface area (Å²) in [5, 5.41) is 11.7. The standard InChI is InChI=1S/C12H7ClN2OS/c13-9-1-4-14-10-7-11(17-12(9)10)8-2-5-15(16)6-3-8/h1-7H. The van der Waals surface area contributed by atoms with Crippen molar-refractivity contribution in [1.82, 2.24) is 4.98 Å². The second-order valence-electron chi connectivity index (χ2n) is 3.56. The fourth-order valence-electron chi connectivity index (χ4n) is 1.63. The van der Waals surface area contributed by atoms with E-state index in [-0.39, 0.29) is 0 Å². The van der Waals surface area contributed by atoms with Gasteiger partial charge in [-0.05, 0) is 12.1 Å². The van der Waals surface area contributed by atoms with Crippen molar-refractivity contribution >= 4 is 33.2 Å². The first-order valence-corrected chi connectivity index (χ1v) is 6.17. The maximum atomic E-state index is 11.0. The maximum Gasteiger partial charge on any atom is 0.180 e. The van der Waals surface area contributed by atoms with E-state index in [0.29, 0.717) is 5.02 Å². The zero-order valence-corrected chi connectivity index (χ0v) is 10.2. The van der Waals surface area contributed by atoms with E-state index < -0.39 is 0 Å². The summed E-state index contributed by atoms with van der Waals surface area (Å²) < 4.78 is 1.74. The van der Waals surface area contributed by atoms with Gasteiger partial charge in [-0.1, -0.05) is 11.6 Å². The second-order valence-corrected chi connectivity index (χ2v) is 5.02. The van der Waals surface area contributed by atoms with E-state index in [0.717, 1.165) is 25.4 Å². The lowest BCUT2D eigenvalue weighted by atomic mass is 10.2. The van der Waals surface area contributed by atoms with Crippen LogP contribution in [0, 0.1) is 5.21 Å². The van der Waals surface area contributed by atoms with Gasteiger partial charge in [0.15, 0.2) is 12.4 Å². The number of aromatic nitrogens is 2. The Bertz CT molecular complexity index is 679. The van der Waals surface area contributed by atoms with Crippen LogP contribution in [0.5, 0.6) is 0 Å². The molecule has 0 aliphatic carbocycles. The third-order valence-electron chi connectivity index (χ3n) is 2.45. The highest BCUT2D eigenvalue weighted by molar-refractivity contribution is 7.22. The van der Waals surface area contributed by atoms with E-state index in [1.807, 2.05) is 6.07 Å². The molecule has 84 valence electrons. The molecule has 3 aromatic rings. The zero-order valence-electron chi connectivity index (χ0n) is 8.63. The van der Waals surface area contributed by atoms with Gasteiger partial charge in [0.25, 0.3) is 0 Å². The van der Waals surface area contributed by atoms with Crippen LogP contribution in [0.15, 0.2) is 42.9 Å². The number of hydrogen-bond acceptors (Lipinski definition) is 3. The van der Waals surface area contributed by atoms with Gasteiger partial charge >= 0.3 is 0 Å². The molecule has 0 spiro atoms. The van der Waals surface area contributed by atoms with Gasteiger partial charge < -0.3 is 5.21 Å².